The second-order valence-electron chi connectivity index (χ2n) is 12.4. The van der Waals surface area contributed by atoms with Crippen molar-refractivity contribution in [3.8, 4) is 11.1 Å². The highest BCUT2D eigenvalue weighted by Gasteiger charge is 2.31. The number of nitrogens with one attached hydrogen (secondary N) is 3. The van der Waals surface area contributed by atoms with E-state index in [0.717, 1.165) is 28.3 Å². The number of primary amides is 2. The SMILES string of the molecule is NC(=O)Cc1cc(=O)oc2cc(NC(=O)[C@@H](CC(N)=O)NC(=O)[C@H](Cc3ccccc3)NC(=O)OCC3c4ccccc4-c4ccccc43)ccc12. The third kappa shape index (κ3) is 8.16. The Morgan fingerprint density at radius 1 is 0.731 bits per heavy atom. The molecule has 13 heteroatoms. The molecule has 0 bridgehead atoms. The molecule has 0 aliphatic heterocycles. The smallest absolute Gasteiger partial charge is 0.407 e. The van der Waals surface area contributed by atoms with Gasteiger partial charge in [-0.05, 0) is 45.5 Å². The van der Waals surface area contributed by atoms with E-state index < -0.39 is 53.9 Å². The maximum Gasteiger partial charge on any atom is 0.407 e. The second kappa shape index (κ2) is 15.4. The molecule has 0 saturated heterocycles. The van der Waals surface area contributed by atoms with Crippen LogP contribution in [0.4, 0.5) is 10.5 Å². The molecule has 4 aromatic carbocycles. The van der Waals surface area contributed by atoms with Crippen molar-refractivity contribution in [1.82, 2.24) is 10.6 Å². The van der Waals surface area contributed by atoms with Gasteiger partial charge in [0.2, 0.25) is 23.6 Å². The zero-order chi connectivity index (χ0) is 36.8. The molecule has 13 nitrogen and oxygen atoms in total. The summed E-state index contributed by atoms with van der Waals surface area (Å²) in [6.45, 7) is 0.0160. The molecule has 1 aromatic heterocycles. The zero-order valence-corrected chi connectivity index (χ0v) is 27.8. The predicted octanol–water partition coefficient (Wildman–Crippen LogP) is 3.27. The first-order valence-corrected chi connectivity index (χ1v) is 16.5. The zero-order valence-electron chi connectivity index (χ0n) is 27.8. The number of rotatable bonds is 13. The Kier molecular flexibility index (Phi) is 10.4. The van der Waals surface area contributed by atoms with Gasteiger partial charge >= 0.3 is 11.7 Å². The average molecular weight is 702 g/mol. The van der Waals surface area contributed by atoms with E-state index in [-0.39, 0.29) is 36.6 Å². The van der Waals surface area contributed by atoms with Gasteiger partial charge in [0.1, 0.15) is 24.3 Å². The maximum atomic E-state index is 13.8. The normalized spacial score (nSPS) is 12.9. The molecule has 1 aliphatic carbocycles. The lowest BCUT2D eigenvalue weighted by atomic mass is 9.98. The van der Waals surface area contributed by atoms with Gasteiger partial charge in [0.25, 0.3) is 0 Å². The van der Waals surface area contributed by atoms with E-state index in [2.05, 4.69) is 16.0 Å². The first-order valence-electron chi connectivity index (χ1n) is 16.5. The van der Waals surface area contributed by atoms with Crippen molar-refractivity contribution in [2.75, 3.05) is 11.9 Å². The number of hydrogen-bond donors (Lipinski definition) is 5. The molecule has 0 radical (unpaired) electrons. The highest BCUT2D eigenvalue weighted by atomic mass is 16.5. The van der Waals surface area contributed by atoms with Crippen LogP contribution >= 0.6 is 0 Å². The summed E-state index contributed by atoms with van der Waals surface area (Å²) in [6, 6.07) is 27.6. The van der Waals surface area contributed by atoms with Crippen molar-refractivity contribution in [2.24, 2.45) is 11.5 Å². The monoisotopic (exact) mass is 701 g/mol. The number of carbonyl (C=O) groups is 5. The van der Waals surface area contributed by atoms with Gasteiger partial charge in [0.05, 0.1) is 12.8 Å². The third-order valence-corrected chi connectivity index (χ3v) is 8.74. The molecule has 264 valence electrons. The number of anilines is 1. The number of ether oxygens (including phenoxy) is 1. The van der Waals surface area contributed by atoms with Crippen LogP contribution in [0.15, 0.2) is 112 Å². The van der Waals surface area contributed by atoms with Gasteiger partial charge in [0, 0.05) is 35.5 Å². The Morgan fingerprint density at radius 2 is 1.38 bits per heavy atom. The lowest BCUT2D eigenvalue weighted by Gasteiger charge is -2.23. The molecule has 0 spiro atoms. The summed E-state index contributed by atoms with van der Waals surface area (Å²) in [7, 11) is 0. The van der Waals surface area contributed by atoms with Crippen LogP contribution in [-0.4, -0.2) is 48.4 Å². The number of nitrogens with two attached hydrogens (primary N) is 2. The van der Waals surface area contributed by atoms with Crippen LogP contribution in [0.3, 0.4) is 0 Å². The Balaban J connectivity index is 1.17. The molecule has 2 atom stereocenters. The number of benzene rings is 4. The summed E-state index contributed by atoms with van der Waals surface area (Å²) in [5, 5.41) is 8.21. The van der Waals surface area contributed by atoms with Gasteiger partial charge in [0.15, 0.2) is 0 Å². The van der Waals surface area contributed by atoms with Gasteiger partial charge in [-0.1, -0.05) is 78.9 Å². The van der Waals surface area contributed by atoms with E-state index in [1.807, 2.05) is 48.5 Å². The Labute approximate surface area is 297 Å². The summed E-state index contributed by atoms with van der Waals surface area (Å²) in [6.07, 6.45) is -1.57. The summed E-state index contributed by atoms with van der Waals surface area (Å²) >= 11 is 0. The lowest BCUT2D eigenvalue weighted by molar-refractivity contribution is -0.129. The number of alkyl carbamates (subject to hydrolysis) is 1. The fraction of sp³-hybridized carbons (Fsp3) is 0.179. The van der Waals surface area contributed by atoms with Crippen LogP contribution in [-0.2, 0) is 36.8 Å². The minimum absolute atomic E-state index is 0.0160. The van der Waals surface area contributed by atoms with Crippen LogP contribution in [0.1, 0.15) is 34.6 Å². The van der Waals surface area contributed by atoms with Crippen LogP contribution < -0.4 is 33.0 Å². The molecule has 5 aromatic rings. The molecule has 0 unspecified atom stereocenters. The van der Waals surface area contributed by atoms with E-state index >= 15 is 0 Å². The van der Waals surface area contributed by atoms with Gasteiger partial charge < -0.3 is 36.6 Å². The van der Waals surface area contributed by atoms with E-state index in [9.17, 15) is 28.8 Å². The lowest BCUT2D eigenvalue weighted by Crippen LogP contribution is -2.54. The molecule has 0 fully saturated rings. The molecule has 1 heterocycles. The van der Waals surface area contributed by atoms with E-state index in [1.165, 1.54) is 18.2 Å². The van der Waals surface area contributed by atoms with Gasteiger partial charge in [-0.3, -0.25) is 19.2 Å². The van der Waals surface area contributed by atoms with Crippen molar-refractivity contribution in [1.29, 1.82) is 0 Å². The topological polar surface area (TPSA) is 213 Å². The Hall–Kier alpha value is -6.76. The van der Waals surface area contributed by atoms with Crippen molar-refractivity contribution in [3.05, 3.63) is 136 Å². The van der Waals surface area contributed by atoms with Gasteiger partial charge in [-0.15, -0.1) is 0 Å². The molecule has 6 rings (SSSR count). The quantitative estimate of drug-likeness (QED) is 0.115. The molecule has 1 aliphatic rings. The Bertz CT molecular complexity index is 2190. The van der Waals surface area contributed by atoms with E-state index in [1.54, 1.807) is 30.3 Å². The second-order valence-corrected chi connectivity index (χ2v) is 12.4. The minimum atomic E-state index is -1.45. The van der Waals surface area contributed by atoms with Crippen molar-refractivity contribution in [2.45, 2.75) is 37.3 Å². The summed E-state index contributed by atoms with van der Waals surface area (Å²) in [4.78, 5) is 76.1. The van der Waals surface area contributed by atoms with Crippen LogP contribution in [0.2, 0.25) is 0 Å². The molecule has 5 amide bonds. The highest BCUT2D eigenvalue weighted by Crippen LogP contribution is 2.44. The third-order valence-electron chi connectivity index (χ3n) is 8.74. The van der Waals surface area contributed by atoms with Crippen LogP contribution in [0.25, 0.3) is 22.1 Å². The summed E-state index contributed by atoms with van der Waals surface area (Å²) in [5.41, 5.74) is 15.5. The Morgan fingerprint density at radius 3 is 2.04 bits per heavy atom. The van der Waals surface area contributed by atoms with Gasteiger partial charge in [-0.25, -0.2) is 9.59 Å². The number of amides is 5. The van der Waals surface area contributed by atoms with E-state index in [0.29, 0.717) is 16.5 Å². The fourth-order valence-corrected chi connectivity index (χ4v) is 6.40. The minimum Gasteiger partial charge on any atom is -0.449 e. The number of fused-ring (bicyclic) bond motifs is 4. The largest absolute Gasteiger partial charge is 0.449 e. The molecule has 52 heavy (non-hydrogen) atoms. The first-order chi connectivity index (χ1) is 25.0. The van der Waals surface area contributed by atoms with Crippen molar-refractivity contribution in [3.63, 3.8) is 0 Å². The highest BCUT2D eigenvalue weighted by molar-refractivity contribution is 6.01. The van der Waals surface area contributed by atoms with Gasteiger partial charge in [-0.2, -0.15) is 0 Å². The predicted molar refractivity (Wildman–Crippen MR) is 192 cm³/mol. The summed E-state index contributed by atoms with van der Waals surface area (Å²) < 4.78 is 10.9. The fourth-order valence-electron chi connectivity index (χ4n) is 6.40. The van der Waals surface area contributed by atoms with Crippen molar-refractivity contribution < 1.29 is 33.1 Å². The first kappa shape index (κ1) is 35.1. The standard InChI is InChI=1S/C39H35N5O8/c40-34(45)17-23-18-36(47)52-33-19-24(14-15-25(23)33)42-37(48)32(20-35(41)46)43-38(49)31(16-22-8-2-1-3-9-22)44-39(50)51-21-30-28-12-6-4-10-26(28)27-11-5-7-13-29(27)30/h1-15,18-19,30-32H,16-17,20-21H2,(H2,40,45)(H2,41,46)(H,42,48)(H,43,49)(H,44,50)/t31-,32+/m0/s1. The summed E-state index contributed by atoms with van der Waals surface area (Å²) in [5.74, 6) is -3.29. The van der Waals surface area contributed by atoms with Crippen LogP contribution in [0.5, 0.6) is 0 Å². The maximum absolute atomic E-state index is 13.8. The average Bonchev–Trinajstić information content (AvgIpc) is 3.43. The number of carbonyl (C=O) groups excluding carboxylic acids is 5. The molecular formula is C39H35N5O8. The molecule has 7 N–H and O–H groups in total. The molecule has 0 saturated carbocycles. The number of hydrogen-bond acceptors (Lipinski definition) is 8. The van der Waals surface area contributed by atoms with Crippen LogP contribution in [0, 0.1) is 0 Å². The molecular weight excluding hydrogens is 666 g/mol. The van der Waals surface area contributed by atoms with E-state index in [4.69, 9.17) is 20.6 Å². The van der Waals surface area contributed by atoms with Crippen molar-refractivity contribution >= 4 is 46.4 Å².